The lowest BCUT2D eigenvalue weighted by Crippen LogP contribution is -2.32. The summed E-state index contributed by atoms with van der Waals surface area (Å²) >= 11 is 0. The number of halogens is 3. The minimum Gasteiger partial charge on any atom is -0.363 e. The van der Waals surface area contributed by atoms with Gasteiger partial charge in [-0.1, -0.05) is 24.9 Å². The Labute approximate surface area is 114 Å². The van der Waals surface area contributed by atoms with Crippen LogP contribution in [0.5, 0.6) is 0 Å². The smallest absolute Gasteiger partial charge is 0.363 e. The maximum Gasteiger partial charge on any atom is 0.437 e. The summed E-state index contributed by atoms with van der Waals surface area (Å²) in [6.07, 6.45) is 0.249. The molecule has 0 spiro atoms. The van der Waals surface area contributed by atoms with Gasteiger partial charge in [0.1, 0.15) is 11.8 Å². The second-order valence-electron chi connectivity index (χ2n) is 5.41. The highest BCUT2D eigenvalue weighted by atomic mass is 19.4. The largest absolute Gasteiger partial charge is 0.437 e. The maximum absolute atomic E-state index is 12.6. The summed E-state index contributed by atoms with van der Waals surface area (Å²) in [4.78, 5) is 11.8. The van der Waals surface area contributed by atoms with E-state index in [9.17, 15) is 18.0 Å². The number of amides is 1. The van der Waals surface area contributed by atoms with Gasteiger partial charge in [-0.2, -0.15) is 13.2 Å². The molecule has 1 aromatic rings. The highest BCUT2D eigenvalue weighted by Gasteiger charge is 2.39. The Kier molecular flexibility index (Phi) is 4.35. The van der Waals surface area contributed by atoms with Crippen molar-refractivity contribution >= 4 is 5.91 Å². The Morgan fingerprint density at radius 3 is 2.65 bits per heavy atom. The minimum atomic E-state index is -4.68. The first-order valence-electron chi connectivity index (χ1n) is 6.67. The second-order valence-corrected chi connectivity index (χ2v) is 5.41. The van der Waals surface area contributed by atoms with Crippen LogP contribution in [0.15, 0.2) is 10.8 Å². The van der Waals surface area contributed by atoms with E-state index in [1.54, 1.807) is 0 Å². The van der Waals surface area contributed by atoms with Gasteiger partial charge in [0.05, 0.1) is 0 Å². The Bertz CT molecular complexity index is 462. The third-order valence-corrected chi connectivity index (χ3v) is 3.77. The van der Waals surface area contributed by atoms with E-state index in [2.05, 4.69) is 21.9 Å². The summed E-state index contributed by atoms with van der Waals surface area (Å²) in [6, 6.07) is 0. The van der Waals surface area contributed by atoms with Crippen molar-refractivity contribution in [2.24, 2.45) is 11.8 Å². The van der Waals surface area contributed by atoms with Gasteiger partial charge in [0.2, 0.25) is 0 Å². The summed E-state index contributed by atoms with van der Waals surface area (Å²) in [5, 5.41) is 5.40. The van der Waals surface area contributed by atoms with Crippen LogP contribution in [-0.4, -0.2) is 17.6 Å². The van der Waals surface area contributed by atoms with Gasteiger partial charge in [-0.3, -0.25) is 4.79 Å². The molecule has 1 N–H and O–H groups in total. The second kappa shape index (κ2) is 5.85. The molecule has 0 radical (unpaired) electrons. The third-order valence-electron chi connectivity index (χ3n) is 3.77. The zero-order valence-corrected chi connectivity index (χ0v) is 11.2. The maximum atomic E-state index is 12.6. The SMILES string of the molecule is C[C@H]1CC[C@H](CNC(=O)c2conc2C(F)(F)F)CC1. The lowest BCUT2D eigenvalue weighted by atomic mass is 9.83. The van der Waals surface area contributed by atoms with Gasteiger partial charge >= 0.3 is 6.18 Å². The molecule has 112 valence electrons. The van der Waals surface area contributed by atoms with E-state index >= 15 is 0 Å². The van der Waals surface area contributed by atoms with Crippen LogP contribution in [0.1, 0.15) is 48.7 Å². The van der Waals surface area contributed by atoms with Gasteiger partial charge in [0.25, 0.3) is 5.91 Å². The average molecular weight is 290 g/mol. The van der Waals surface area contributed by atoms with Gasteiger partial charge in [-0.15, -0.1) is 0 Å². The predicted molar refractivity (Wildman–Crippen MR) is 65.0 cm³/mol. The van der Waals surface area contributed by atoms with E-state index < -0.39 is 23.3 Å². The van der Waals surface area contributed by atoms with E-state index in [0.717, 1.165) is 31.9 Å². The van der Waals surface area contributed by atoms with Crippen LogP contribution in [0, 0.1) is 11.8 Å². The van der Waals surface area contributed by atoms with Gasteiger partial charge in [0, 0.05) is 6.54 Å². The van der Waals surface area contributed by atoms with Crippen molar-refractivity contribution in [3.63, 3.8) is 0 Å². The fraction of sp³-hybridized carbons (Fsp3) is 0.692. The Hall–Kier alpha value is -1.53. The molecule has 1 aromatic heterocycles. The number of nitrogens with one attached hydrogen (secondary N) is 1. The lowest BCUT2D eigenvalue weighted by Gasteiger charge is -2.26. The van der Waals surface area contributed by atoms with Crippen LogP contribution < -0.4 is 5.32 Å². The Morgan fingerprint density at radius 1 is 1.40 bits per heavy atom. The summed E-state index contributed by atoms with van der Waals surface area (Å²) in [5.74, 6) is 0.249. The molecule has 2 rings (SSSR count). The molecular weight excluding hydrogens is 273 g/mol. The van der Waals surface area contributed by atoms with Crippen LogP contribution in [0.3, 0.4) is 0 Å². The molecule has 1 aliphatic rings. The molecule has 0 saturated heterocycles. The summed E-state index contributed by atoms with van der Waals surface area (Å²) < 4.78 is 42.0. The first-order valence-corrected chi connectivity index (χ1v) is 6.67. The van der Waals surface area contributed by atoms with E-state index in [0.29, 0.717) is 18.4 Å². The fourth-order valence-corrected chi connectivity index (χ4v) is 2.47. The Morgan fingerprint density at radius 2 is 2.05 bits per heavy atom. The molecule has 1 saturated carbocycles. The van der Waals surface area contributed by atoms with Gasteiger partial charge < -0.3 is 9.84 Å². The molecule has 4 nitrogen and oxygen atoms in total. The molecule has 0 unspecified atom stereocenters. The number of nitrogens with zero attached hydrogens (tertiary/aromatic N) is 1. The van der Waals surface area contributed by atoms with Gasteiger partial charge in [-0.05, 0) is 24.7 Å². The monoisotopic (exact) mass is 290 g/mol. The summed E-state index contributed by atoms with van der Waals surface area (Å²) in [7, 11) is 0. The normalized spacial score (nSPS) is 23.6. The van der Waals surface area contributed by atoms with Crippen molar-refractivity contribution in [2.45, 2.75) is 38.8 Å². The van der Waals surface area contributed by atoms with E-state index in [1.807, 2.05) is 0 Å². The van der Waals surface area contributed by atoms with Gasteiger partial charge in [0.15, 0.2) is 5.69 Å². The van der Waals surface area contributed by atoms with Crippen molar-refractivity contribution < 1.29 is 22.5 Å². The van der Waals surface area contributed by atoms with Crippen molar-refractivity contribution in [1.29, 1.82) is 0 Å². The highest BCUT2D eigenvalue weighted by molar-refractivity contribution is 5.95. The molecule has 0 atom stereocenters. The van der Waals surface area contributed by atoms with Crippen molar-refractivity contribution in [2.75, 3.05) is 6.54 Å². The topological polar surface area (TPSA) is 55.1 Å². The minimum absolute atomic E-state index is 0.337. The molecule has 1 fully saturated rings. The molecule has 0 aliphatic heterocycles. The third kappa shape index (κ3) is 3.52. The highest BCUT2D eigenvalue weighted by Crippen LogP contribution is 2.31. The van der Waals surface area contributed by atoms with E-state index in [1.165, 1.54) is 0 Å². The standard InChI is InChI=1S/C13H17F3N2O2/c1-8-2-4-9(5-3-8)6-17-12(19)10-7-20-18-11(10)13(14,15)16/h7-9H,2-6H2,1H3,(H,17,19)/t8-,9-. The zero-order valence-electron chi connectivity index (χ0n) is 11.2. The molecular formula is C13H17F3N2O2. The van der Waals surface area contributed by atoms with Crippen LogP contribution in [0.25, 0.3) is 0 Å². The molecule has 20 heavy (non-hydrogen) atoms. The molecule has 0 aromatic carbocycles. The molecule has 1 amide bonds. The number of rotatable bonds is 3. The van der Waals surface area contributed by atoms with Crippen LogP contribution in [0.2, 0.25) is 0 Å². The van der Waals surface area contributed by atoms with Crippen molar-refractivity contribution in [1.82, 2.24) is 10.5 Å². The predicted octanol–water partition coefficient (Wildman–Crippen LogP) is 3.25. The van der Waals surface area contributed by atoms with Crippen molar-refractivity contribution in [3.05, 3.63) is 17.5 Å². The molecule has 1 aliphatic carbocycles. The number of alkyl halides is 3. The number of aromatic nitrogens is 1. The van der Waals surface area contributed by atoms with Crippen LogP contribution >= 0.6 is 0 Å². The Balaban J connectivity index is 1.91. The van der Waals surface area contributed by atoms with Crippen LogP contribution in [0.4, 0.5) is 13.2 Å². The van der Waals surface area contributed by atoms with Gasteiger partial charge in [-0.25, -0.2) is 0 Å². The number of hydrogen-bond donors (Lipinski definition) is 1. The average Bonchev–Trinajstić information content (AvgIpc) is 2.87. The first-order chi connectivity index (χ1) is 9.38. The summed E-state index contributed by atoms with van der Waals surface area (Å²) in [6.45, 7) is 2.58. The van der Waals surface area contributed by atoms with E-state index in [-0.39, 0.29) is 0 Å². The summed E-state index contributed by atoms with van der Waals surface area (Å²) in [5.41, 5.74) is -1.83. The van der Waals surface area contributed by atoms with Crippen molar-refractivity contribution in [3.8, 4) is 0 Å². The lowest BCUT2D eigenvalue weighted by molar-refractivity contribution is -0.143. The first kappa shape index (κ1) is 14.9. The zero-order chi connectivity index (χ0) is 14.8. The van der Waals surface area contributed by atoms with Crippen LogP contribution in [-0.2, 0) is 6.18 Å². The number of carbonyl (C=O) groups excluding carboxylic acids is 1. The molecule has 7 heteroatoms. The molecule has 1 heterocycles. The number of hydrogen-bond acceptors (Lipinski definition) is 3. The number of carbonyl (C=O) groups is 1. The molecule has 0 bridgehead atoms. The van der Waals surface area contributed by atoms with E-state index in [4.69, 9.17) is 0 Å². The quantitative estimate of drug-likeness (QED) is 0.929. The fourth-order valence-electron chi connectivity index (χ4n) is 2.47.